The molecule has 0 aliphatic carbocycles. The van der Waals surface area contributed by atoms with Crippen molar-refractivity contribution in [2.75, 3.05) is 55.7 Å². The van der Waals surface area contributed by atoms with Gasteiger partial charge in [-0.25, -0.2) is 4.39 Å². The summed E-state index contributed by atoms with van der Waals surface area (Å²) >= 11 is 0. The van der Waals surface area contributed by atoms with Gasteiger partial charge in [0, 0.05) is 62.0 Å². The minimum atomic E-state index is -0.733. The largest absolute Gasteiger partial charge is 0.508 e. The third-order valence-electron chi connectivity index (χ3n) is 7.10. The Bertz CT molecular complexity index is 1190. The zero-order valence-electron chi connectivity index (χ0n) is 20.6. The van der Waals surface area contributed by atoms with Crippen molar-refractivity contribution < 1.29 is 14.2 Å². The molecule has 1 atom stereocenters. The van der Waals surface area contributed by atoms with E-state index in [0.29, 0.717) is 38.7 Å². The number of fused-ring (bicyclic) bond motifs is 2. The van der Waals surface area contributed by atoms with Crippen molar-refractivity contribution >= 4 is 22.3 Å². The fourth-order valence-electron chi connectivity index (χ4n) is 5.23. The Kier molecular flexibility index (Phi) is 6.90. The van der Waals surface area contributed by atoms with Crippen LogP contribution in [0.4, 0.5) is 15.9 Å². The summed E-state index contributed by atoms with van der Waals surface area (Å²) in [6.45, 7) is 9.76. The van der Waals surface area contributed by atoms with Crippen molar-refractivity contribution in [1.29, 1.82) is 0 Å². The summed E-state index contributed by atoms with van der Waals surface area (Å²) in [5.74, 6) is 1.21. The molecule has 3 aromatic rings. The summed E-state index contributed by atoms with van der Waals surface area (Å²) in [4.78, 5) is 16.2. The number of phenols is 1. The number of ether oxygens (including phenoxy) is 1. The Labute approximate surface area is 206 Å². The van der Waals surface area contributed by atoms with Crippen molar-refractivity contribution in [3.05, 3.63) is 47.7 Å². The van der Waals surface area contributed by atoms with E-state index < -0.39 is 6.17 Å². The first-order chi connectivity index (χ1) is 17.1. The second-order valence-corrected chi connectivity index (χ2v) is 9.32. The predicted molar refractivity (Wildman–Crippen MR) is 137 cm³/mol. The standard InChI is InChI=1S/C27H34FN5O2/c1-3-32(4-2)26-23-10-12-33(25-16-21(34)15-19-7-5-6-8-22(19)25)18-24(23)29-27(30-26)35-14-13-31-11-9-20(28)17-31/h5-8,15-16,20,34H,3-4,9-14,17-18H2,1-2H3. The average molecular weight is 480 g/mol. The van der Waals surface area contributed by atoms with Gasteiger partial charge < -0.3 is 19.6 Å². The van der Waals surface area contributed by atoms with Gasteiger partial charge in [0.1, 0.15) is 24.3 Å². The lowest BCUT2D eigenvalue weighted by molar-refractivity contribution is 0.214. The molecule has 2 aliphatic rings. The Hall–Kier alpha value is -3.13. The smallest absolute Gasteiger partial charge is 0.318 e. The third kappa shape index (κ3) is 4.98. The summed E-state index contributed by atoms with van der Waals surface area (Å²) in [6.07, 6.45) is 0.682. The van der Waals surface area contributed by atoms with Crippen LogP contribution >= 0.6 is 0 Å². The van der Waals surface area contributed by atoms with E-state index in [1.54, 1.807) is 6.07 Å². The van der Waals surface area contributed by atoms with Crippen LogP contribution in [-0.2, 0) is 13.0 Å². The number of benzene rings is 2. The lowest BCUT2D eigenvalue weighted by Crippen LogP contribution is -2.34. The number of aromatic hydroxyl groups is 1. The van der Waals surface area contributed by atoms with E-state index in [9.17, 15) is 9.50 Å². The highest BCUT2D eigenvalue weighted by Gasteiger charge is 2.27. The number of likely N-dealkylation sites (tertiary alicyclic amines) is 1. The fraction of sp³-hybridized carbons (Fsp3) is 0.481. The van der Waals surface area contributed by atoms with Crippen LogP contribution in [0.1, 0.15) is 31.5 Å². The first-order valence-electron chi connectivity index (χ1n) is 12.7. The molecule has 1 aromatic heterocycles. The van der Waals surface area contributed by atoms with Gasteiger partial charge in [-0.1, -0.05) is 24.3 Å². The number of phenolic OH excluding ortho intramolecular Hbond substituents is 1. The Morgan fingerprint density at radius 3 is 2.74 bits per heavy atom. The van der Waals surface area contributed by atoms with Crippen LogP contribution < -0.4 is 14.5 Å². The van der Waals surface area contributed by atoms with Gasteiger partial charge in [0.15, 0.2) is 0 Å². The number of alkyl halides is 1. The number of nitrogens with zero attached hydrogens (tertiary/aromatic N) is 5. The molecule has 1 unspecified atom stereocenters. The van der Waals surface area contributed by atoms with E-state index in [2.05, 4.69) is 34.6 Å². The van der Waals surface area contributed by atoms with Gasteiger partial charge in [-0.3, -0.25) is 4.90 Å². The van der Waals surface area contributed by atoms with Crippen LogP contribution in [0, 0.1) is 0 Å². The maximum absolute atomic E-state index is 13.5. The molecule has 186 valence electrons. The molecule has 0 amide bonds. The van der Waals surface area contributed by atoms with Crippen LogP contribution in [0.25, 0.3) is 10.8 Å². The van der Waals surface area contributed by atoms with Crippen molar-refractivity contribution in [1.82, 2.24) is 14.9 Å². The summed E-state index contributed by atoms with van der Waals surface area (Å²) in [5.41, 5.74) is 3.13. The first kappa shape index (κ1) is 23.6. The molecule has 5 rings (SSSR count). The summed E-state index contributed by atoms with van der Waals surface area (Å²) in [7, 11) is 0. The van der Waals surface area contributed by atoms with Gasteiger partial charge in [-0.2, -0.15) is 9.97 Å². The molecule has 2 aliphatic heterocycles. The van der Waals surface area contributed by atoms with E-state index >= 15 is 0 Å². The molecule has 0 radical (unpaired) electrons. The molecule has 2 aromatic carbocycles. The van der Waals surface area contributed by atoms with Crippen LogP contribution in [0.3, 0.4) is 0 Å². The maximum Gasteiger partial charge on any atom is 0.318 e. The summed E-state index contributed by atoms with van der Waals surface area (Å²) in [5, 5.41) is 12.5. The third-order valence-corrected chi connectivity index (χ3v) is 7.10. The Morgan fingerprint density at radius 1 is 1.14 bits per heavy atom. The monoisotopic (exact) mass is 479 g/mol. The number of hydrogen-bond acceptors (Lipinski definition) is 7. The molecule has 0 spiro atoms. The van der Waals surface area contributed by atoms with Crippen LogP contribution in [0.2, 0.25) is 0 Å². The molecule has 0 bridgehead atoms. The van der Waals surface area contributed by atoms with Gasteiger partial charge in [0.2, 0.25) is 0 Å². The van der Waals surface area contributed by atoms with E-state index in [-0.39, 0.29) is 5.75 Å². The van der Waals surface area contributed by atoms with Gasteiger partial charge in [0.25, 0.3) is 0 Å². The number of hydrogen-bond donors (Lipinski definition) is 1. The van der Waals surface area contributed by atoms with Gasteiger partial charge in [-0.05, 0) is 38.1 Å². The number of aromatic nitrogens is 2. The molecule has 3 heterocycles. The molecule has 0 saturated carbocycles. The van der Waals surface area contributed by atoms with Crippen LogP contribution in [-0.4, -0.2) is 72.0 Å². The Morgan fingerprint density at radius 2 is 1.97 bits per heavy atom. The molecule has 35 heavy (non-hydrogen) atoms. The lowest BCUT2D eigenvalue weighted by Gasteiger charge is -2.33. The normalized spacial score (nSPS) is 18.1. The molecular weight excluding hydrogens is 445 g/mol. The average Bonchev–Trinajstić information content (AvgIpc) is 3.28. The quantitative estimate of drug-likeness (QED) is 0.520. The topological polar surface area (TPSA) is 65.0 Å². The molecule has 7 nitrogen and oxygen atoms in total. The number of halogens is 1. The molecule has 8 heteroatoms. The number of anilines is 2. The molecule has 1 fully saturated rings. The van der Waals surface area contributed by atoms with Crippen molar-refractivity contribution in [2.45, 2.75) is 39.4 Å². The highest BCUT2D eigenvalue weighted by atomic mass is 19.1. The SMILES string of the molecule is CCN(CC)c1nc(OCCN2CCC(F)C2)nc2c1CCN(c1cc(O)cc3ccccc13)C2. The van der Waals surface area contributed by atoms with E-state index in [4.69, 9.17) is 14.7 Å². The van der Waals surface area contributed by atoms with Gasteiger partial charge in [0.05, 0.1) is 12.2 Å². The van der Waals surface area contributed by atoms with E-state index in [1.165, 1.54) is 5.56 Å². The van der Waals surface area contributed by atoms with Gasteiger partial charge >= 0.3 is 6.01 Å². The second-order valence-electron chi connectivity index (χ2n) is 9.32. The fourth-order valence-corrected chi connectivity index (χ4v) is 5.23. The van der Waals surface area contributed by atoms with Crippen molar-refractivity contribution in [2.24, 2.45) is 0 Å². The summed E-state index contributed by atoms with van der Waals surface area (Å²) < 4.78 is 19.5. The first-order valence-corrected chi connectivity index (χ1v) is 12.7. The second kappa shape index (κ2) is 10.2. The summed E-state index contributed by atoms with van der Waals surface area (Å²) in [6, 6.07) is 12.1. The van der Waals surface area contributed by atoms with E-state index in [1.807, 2.05) is 24.3 Å². The van der Waals surface area contributed by atoms with Crippen molar-refractivity contribution in [3.63, 3.8) is 0 Å². The minimum absolute atomic E-state index is 0.262. The lowest BCUT2D eigenvalue weighted by atomic mass is 10.0. The maximum atomic E-state index is 13.5. The zero-order valence-corrected chi connectivity index (χ0v) is 20.6. The zero-order chi connectivity index (χ0) is 24.4. The van der Waals surface area contributed by atoms with E-state index in [0.717, 1.165) is 60.6 Å². The highest BCUT2D eigenvalue weighted by molar-refractivity contribution is 5.95. The predicted octanol–water partition coefficient (Wildman–Crippen LogP) is 4.17. The van der Waals surface area contributed by atoms with Crippen LogP contribution in [0.15, 0.2) is 36.4 Å². The van der Waals surface area contributed by atoms with Gasteiger partial charge in [-0.15, -0.1) is 0 Å². The van der Waals surface area contributed by atoms with Crippen molar-refractivity contribution in [3.8, 4) is 11.8 Å². The highest BCUT2D eigenvalue weighted by Crippen LogP contribution is 2.36. The molecule has 1 N–H and O–H groups in total. The Balaban J connectivity index is 1.43. The molecule has 1 saturated heterocycles. The molecular formula is C27H34FN5O2. The number of rotatable bonds is 8. The van der Waals surface area contributed by atoms with Crippen LogP contribution in [0.5, 0.6) is 11.8 Å². The minimum Gasteiger partial charge on any atom is -0.508 e.